The molecule has 3 N–H and O–H groups in total. The molecule has 0 fully saturated rings. The van der Waals surface area contributed by atoms with E-state index in [9.17, 15) is 19.5 Å². The molecule has 32 heavy (non-hydrogen) atoms. The van der Waals surface area contributed by atoms with Crippen LogP contribution in [0, 0.1) is 0 Å². The number of anilines is 2. The van der Waals surface area contributed by atoms with E-state index in [-0.39, 0.29) is 6.42 Å². The van der Waals surface area contributed by atoms with Gasteiger partial charge in [-0.25, -0.2) is 4.79 Å². The maximum atomic E-state index is 12.5. The van der Waals surface area contributed by atoms with Crippen molar-refractivity contribution < 1.29 is 19.5 Å². The number of carboxylic acid groups (broad SMARTS) is 1. The topological polar surface area (TPSA) is 98.7 Å². The van der Waals surface area contributed by atoms with Gasteiger partial charge in [-0.05, 0) is 35.9 Å². The fourth-order valence-electron chi connectivity index (χ4n) is 2.93. The van der Waals surface area contributed by atoms with Crippen LogP contribution in [-0.2, 0) is 20.8 Å². The summed E-state index contributed by atoms with van der Waals surface area (Å²) in [6.45, 7) is 8.38. The summed E-state index contributed by atoms with van der Waals surface area (Å²) in [4.78, 5) is 38.5. The van der Waals surface area contributed by atoms with E-state index in [1.807, 2.05) is 4.90 Å². The molecule has 0 radical (unpaired) electrons. The van der Waals surface area contributed by atoms with Crippen LogP contribution in [0.1, 0.15) is 5.56 Å². The van der Waals surface area contributed by atoms with Crippen molar-refractivity contribution in [2.45, 2.75) is 12.5 Å². The standard InChI is InChI=1S/C23H23BrClN3O4/c1-3-11-28(12-4-2)20-10-9-17(25)14-18(20)26-21(29)22(30)27-19(23(31)32)13-15-5-7-16(24)8-6-15/h3-10,14,19H,1-2,11-13H2,(H,26,29)(H,27,30)(H,31,32). The maximum Gasteiger partial charge on any atom is 0.326 e. The number of rotatable bonds is 10. The SMILES string of the molecule is C=CCN(CC=C)c1ccc(Cl)cc1NC(=O)C(=O)NC(Cc1ccc(Br)cc1)C(=O)O. The number of benzene rings is 2. The van der Waals surface area contributed by atoms with E-state index >= 15 is 0 Å². The molecule has 0 aliphatic heterocycles. The zero-order chi connectivity index (χ0) is 23.7. The van der Waals surface area contributed by atoms with Crippen LogP contribution in [0.25, 0.3) is 0 Å². The number of carbonyl (C=O) groups excluding carboxylic acids is 2. The maximum absolute atomic E-state index is 12.5. The second kappa shape index (κ2) is 12.1. The third-order valence-electron chi connectivity index (χ3n) is 4.41. The van der Waals surface area contributed by atoms with Crippen LogP contribution in [-0.4, -0.2) is 42.0 Å². The van der Waals surface area contributed by atoms with Crippen molar-refractivity contribution in [2.24, 2.45) is 0 Å². The number of carboxylic acids is 1. The van der Waals surface area contributed by atoms with Gasteiger partial charge in [0.15, 0.2) is 0 Å². The molecule has 168 valence electrons. The molecule has 2 amide bonds. The molecular weight excluding hydrogens is 498 g/mol. The van der Waals surface area contributed by atoms with Crippen molar-refractivity contribution in [2.75, 3.05) is 23.3 Å². The Morgan fingerprint density at radius 2 is 1.69 bits per heavy atom. The summed E-state index contributed by atoms with van der Waals surface area (Å²) in [5.74, 6) is -3.33. The predicted molar refractivity (Wildman–Crippen MR) is 130 cm³/mol. The van der Waals surface area contributed by atoms with E-state index in [4.69, 9.17) is 11.6 Å². The minimum Gasteiger partial charge on any atom is -0.480 e. The number of nitrogens with one attached hydrogen (secondary N) is 2. The molecule has 0 aliphatic rings. The molecular formula is C23H23BrClN3O4. The van der Waals surface area contributed by atoms with Gasteiger partial charge in [-0.1, -0.05) is 51.8 Å². The Hall–Kier alpha value is -3.10. The third-order valence-corrected chi connectivity index (χ3v) is 5.17. The lowest BCUT2D eigenvalue weighted by atomic mass is 10.1. The van der Waals surface area contributed by atoms with Crippen LogP contribution in [0.2, 0.25) is 5.02 Å². The number of aliphatic carboxylic acids is 1. The number of hydrogen-bond acceptors (Lipinski definition) is 4. The predicted octanol–water partition coefficient (Wildman–Crippen LogP) is 4.03. The van der Waals surface area contributed by atoms with Gasteiger partial charge in [-0.2, -0.15) is 0 Å². The lowest BCUT2D eigenvalue weighted by molar-refractivity contribution is -0.143. The zero-order valence-electron chi connectivity index (χ0n) is 17.2. The van der Waals surface area contributed by atoms with Gasteiger partial charge in [0.2, 0.25) is 0 Å². The molecule has 2 aromatic carbocycles. The minimum absolute atomic E-state index is 0.0243. The number of halogens is 2. The zero-order valence-corrected chi connectivity index (χ0v) is 19.5. The molecule has 2 aromatic rings. The summed E-state index contributed by atoms with van der Waals surface area (Å²) in [7, 11) is 0. The molecule has 1 unspecified atom stereocenters. The van der Waals surface area contributed by atoms with E-state index in [1.54, 1.807) is 48.6 Å². The van der Waals surface area contributed by atoms with E-state index in [1.165, 1.54) is 6.07 Å². The number of carbonyl (C=O) groups is 3. The van der Waals surface area contributed by atoms with E-state index < -0.39 is 23.8 Å². The Labute approximate surface area is 199 Å². The Kier molecular flexibility index (Phi) is 9.49. The van der Waals surface area contributed by atoms with Gasteiger partial charge < -0.3 is 20.6 Å². The molecule has 9 heteroatoms. The fourth-order valence-corrected chi connectivity index (χ4v) is 3.36. The highest BCUT2D eigenvalue weighted by Gasteiger charge is 2.25. The molecule has 0 heterocycles. The second-order valence-electron chi connectivity index (χ2n) is 6.79. The van der Waals surface area contributed by atoms with Crippen molar-refractivity contribution in [1.29, 1.82) is 0 Å². The molecule has 0 aromatic heterocycles. The number of nitrogens with zero attached hydrogens (tertiary/aromatic N) is 1. The molecule has 2 rings (SSSR count). The molecule has 0 bridgehead atoms. The van der Waals surface area contributed by atoms with E-state index in [0.717, 1.165) is 4.47 Å². The van der Waals surface area contributed by atoms with Gasteiger partial charge in [-0.15, -0.1) is 13.2 Å². The van der Waals surface area contributed by atoms with Crippen molar-refractivity contribution >= 4 is 56.7 Å². The largest absolute Gasteiger partial charge is 0.480 e. The highest BCUT2D eigenvalue weighted by molar-refractivity contribution is 9.10. The van der Waals surface area contributed by atoms with Crippen LogP contribution in [0.4, 0.5) is 11.4 Å². The Balaban J connectivity index is 2.16. The molecule has 7 nitrogen and oxygen atoms in total. The average Bonchev–Trinajstić information content (AvgIpc) is 2.74. The highest BCUT2D eigenvalue weighted by Crippen LogP contribution is 2.29. The highest BCUT2D eigenvalue weighted by atomic mass is 79.9. The summed E-state index contributed by atoms with van der Waals surface area (Å²) in [6, 6.07) is 10.6. The summed E-state index contributed by atoms with van der Waals surface area (Å²) in [5.41, 5.74) is 1.61. The van der Waals surface area contributed by atoms with Gasteiger partial charge >= 0.3 is 17.8 Å². The van der Waals surface area contributed by atoms with Gasteiger partial charge in [0, 0.05) is 29.0 Å². The van der Waals surface area contributed by atoms with Crippen molar-refractivity contribution in [3.8, 4) is 0 Å². The van der Waals surface area contributed by atoms with Crippen LogP contribution >= 0.6 is 27.5 Å². The first kappa shape index (κ1) is 25.2. The molecule has 0 saturated carbocycles. The summed E-state index contributed by atoms with van der Waals surface area (Å²) in [5, 5.41) is 14.6. The summed E-state index contributed by atoms with van der Waals surface area (Å²) < 4.78 is 0.843. The van der Waals surface area contributed by atoms with Crippen molar-refractivity contribution in [3.05, 3.63) is 82.8 Å². The third kappa shape index (κ3) is 7.25. The Bertz CT molecular complexity index is 1000. The second-order valence-corrected chi connectivity index (χ2v) is 8.14. The van der Waals surface area contributed by atoms with Crippen molar-refractivity contribution in [1.82, 2.24) is 5.32 Å². The van der Waals surface area contributed by atoms with Gasteiger partial charge in [0.1, 0.15) is 6.04 Å². The lowest BCUT2D eigenvalue weighted by Gasteiger charge is -2.25. The van der Waals surface area contributed by atoms with E-state index in [2.05, 4.69) is 39.7 Å². The minimum atomic E-state index is -1.27. The molecule has 0 saturated heterocycles. The average molecular weight is 521 g/mol. The van der Waals surface area contributed by atoms with Crippen LogP contribution < -0.4 is 15.5 Å². The van der Waals surface area contributed by atoms with Crippen LogP contribution in [0.15, 0.2) is 72.2 Å². The van der Waals surface area contributed by atoms with E-state index in [0.29, 0.717) is 35.1 Å². The quantitative estimate of drug-likeness (QED) is 0.324. The lowest BCUT2D eigenvalue weighted by Crippen LogP contribution is -2.47. The van der Waals surface area contributed by atoms with Gasteiger partial charge in [0.05, 0.1) is 11.4 Å². The molecule has 1 atom stereocenters. The first-order valence-electron chi connectivity index (χ1n) is 9.60. The monoisotopic (exact) mass is 519 g/mol. The van der Waals surface area contributed by atoms with Crippen molar-refractivity contribution in [3.63, 3.8) is 0 Å². The molecule has 0 aliphatic carbocycles. The Morgan fingerprint density at radius 1 is 1.06 bits per heavy atom. The normalized spacial score (nSPS) is 11.2. The fraction of sp³-hybridized carbons (Fsp3) is 0.174. The number of amides is 2. The van der Waals surface area contributed by atoms with Crippen LogP contribution in [0.3, 0.4) is 0 Å². The van der Waals surface area contributed by atoms with Gasteiger partial charge in [-0.3, -0.25) is 9.59 Å². The number of hydrogen-bond donors (Lipinski definition) is 3. The first-order chi connectivity index (χ1) is 15.2. The molecule has 0 spiro atoms. The summed E-state index contributed by atoms with van der Waals surface area (Å²) >= 11 is 9.38. The smallest absolute Gasteiger partial charge is 0.326 e. The summed E-state index contributed by atoms with van der Waals surface area (Å²) in [6.07, 6.45) is 3.41. The Morgan fingerprint density at radius 3 is 2.25 bits per heavy atom. The van der Waals surface area contributed by atoms with Gasteiger partial charge in [0.25, 0.3) is 0 Å². The first-order valence-corrected chi connectivity index (χ1v) is 10.8. The van der Waals surface area contributed by atoms with Crippen LogP contribution in [0.5, 0.6) is 0 Å².